The highest BCUT2D eigenvalue weighted by Crippen LogP contribution is 2.10. The van der Waals surface area contributed by atoms with E-state index < -0.39 is 33.9 Å². The lowest BCUT2D eigenvalue weighted by Crippen LogP contribution is -2.44. The number of carbonyl (C=O) groups is 3. The van der Waals surface area contributed by atoms with Crippen molar-refractivity contribution in [1.82, 2.24) is 10.1 Å². The molecule has 9 nitrogen and oxygen atoms in total. The van der Waals surface area contributed by atoms with Crippen molar-refractivity contribution >= 4 is 34.1 Å². The standard InChI is InChI=1S/C25H23N3O6S/c1-18-12-14-21(15-13-18)35(32,33)28-26-17-23(29)27-22(16-19-8-4-2-5-9-19)25(31)34-24(30)20-10-6-3-7-11-20/h2-15,17,22,28H,16H2,1H3,(H,27,29)/b26-17+/t22-/m0/s1. The van der Waals surface area contributed by atoms with Gasteiger partial charge in [-0.15, -0.1) is 0 Å². The Hall–Kier alpha value is -4.31. The summed E-state index contributed by atoms with van der Waals surface area (Å²) in [6.07, 6.45) is 0.729. The molecule has 0 spiro atoms. The van der Waals surface area contributed by atoms with Gasteiger partial charge in [0, 0.05) is 6.42 Å². The van der Waals surface area contributed by atoms with Crippen LogP contribution in [0, 0.1) is 6.92 Å². The molecule has 0 aliphatic rings. The Morgan fingerprint density at radius 1 is 0.914 bits per heavy atom. The highest BCUT2D eigenvalue weighted by molar-refractivity contribution is 7.89. The summed E-state index contributed by atoms with van der Waals surface area (Å²) < 4.78 is 29.5. The predicted octanol–water partition coefficient (Wildman–Crippen LogP) is 2.37. The van der Waals surface area contributed by atoms with Gasteiger partial charge in [0.05, 0.1) is 10.5 Å². The smallest absolute Gasteiger partial charge is 0.345 e. The van der Waals surface area contributed by atoms with E-state index in [0.717, 1.165) is 5.56 Å². The van der Waals surface area contributed by atoms with Crippen molar-refractivity contribution in [3.05, 3.63) is 102 Å². The summed E-state index contributed by atoms with van der Waals surface area (Å²) in [4.78, 5) is 39.3. The minimum Gasteiger partial charge on any atom is -0.388 e. The Labute approximate surface area is 202 Å². The van der Waals surface area contributed by atoms with Gasteiger partial charge in [0.1, 0.15) is 12.3 Å². The molecule has 0 heterocycles. The fraction of sp³-hybridized carbons (Fsp3) is 0.120. The normalized spacial score (nSPS) is 12.0. The Morgan fingerprint density at radius 2 is 1.51 bits per heavy atom. The number of nitrogens with zero attached hydrogens (tertiary/aromatic N) is 1. The van der Waals surface area contributed by atoms with Gasteiger partial charge in [-0.25, -0.2) is 9.59 Å². The largest absolute Gasteiger partial charge is 0.388 e. The summed E-state index contributed by atoms with van der Waals surface area (Å²) in [7, 11) is -3.98. The van der Waals surface area contributed by atoms with E-state index in [1.165, 1.54) is 24.3 Å². The number of sulfonamides is 1. The summed E-state index contributed by atoms with van der Waals surface area (Å²) in [5.41, 5.74) is 1.77. The van der Waals surface area contributed by atoms with Crippen LogP contribution in [0.2, 0.25) is 0 Å². The maximum Gasteiger partial charge on any atom is 0.345 e. The third-order valence-corrected chi connectivity index (χ3v) is 6.01. The fourth-order valence-electron chi connectivity index (χ4n) is 2.97. The summed E-state index contributed by atoms with van der Waals surface area (Å²) in [6.45, 7) is 1.82. The van der Waals surface area contributed by atoms with Crippen LogP contribution in [0.25, 0.3) is 0 Å². The van der Waals surface area contributed by atoms with E-state index in [9.17, 15) is 22.8 Å². The minimum atomic E-state index is -3.98. The molecule has 0 bridgehead atoms. The van der Waals surface area contributed by atoms with Gasteiger partial charge in [0.25, 0.3) is 15.9 Å². The van der Waals surface area contributed by atoms with Crippen molar-refractivity contribution in [3.8, 4) is 0 Å². The van der Waals surface area contributed by atoms with E-state index in [4.69, 9.17) is 4.74 Å². The zero-order valence-electron chi connectivity index (χ0n) is 18.7. The lowest BCUT2D eigenvalue weighted by molar-refractivity contribution is -0.141. The molecule has 0 aliphatic carbocycles. The van der Waals surface area contributed by atoms with Gasteiger partial charge in [0.15, 0.2) is 0 Å². The van der Waals surface area contributed by atoms with E-state index in [0.29, 0.717) is 11.8 Å². The molecule has 180 valence electrons. The average Bonchev–Trinajstić information content (AvgIpc) is 2.85. The molecule has 0 unspecified atom stereocenters. The first kappa shape index (κ1) is 25.3. The number of hydrazone groups is 1. The molecule has 2 N–H and O–H groups in total. The van der Waals surface area contributed by atoms with Crippen molar-refractivity contribution in [2.75, 3.05) is 0 Å². The first-order valence-corrected chi connectivity index (χ1v) is 12.0. The van der Waals surface area contributed by atoms with E-state index >= 15 is 0 Å². The van der Waals surface area contributed by atoms with Crippen LogP contribution in [0.4, 0.5) is 0 Å². The van der Waals surface area contributed by atoms with Crippen LogP contribution < -0.4 is 10.1 Å². The SMILES string of the molecule is Cc1ccc(S(=O)(=O)N/N=C/C(=O)N[C@@H](Cc2ccccc2)C(=O)OC(=O)c2ccccc2)cc1. The van der Waals surface area contributed by atoms with Crippen LogP contribution >= 0.6 is 0 Å². The second kappa shape index (κ2) is 11.7. The molecule has 3 aromatic carbocycles. The number of hydrogen-bond acceptors (Lipinski definition) is 7. The molecule has 0 radical (unpaired) electrons. The maximum absolute atomic E-state index is 12.7. The minimum absolute atomic E-state index is 0.0226. The third kappa shape index (κ3) is 7.61. The zero-order chi connectivity index (χ0) is 25.3. The monoisotopic (exact) mass is 493 g/mol. The quantitative estimate of drug-likeness (QED) is 0.204. The molecule has 0 aromatic heterocycles. The average molecular weight is 494 g/mol. The van der Waals surface area contributed by atoms with Gasteiger partial charge in [-0.05, 0) is 36.8 Å². The highest BCUT2D eigenvalue weighted by Gasteiger charge is 2.25. The van der Waals surface area contributed by atoms with Crippen molar-refractivity contribution in [2.24, 2.45) is 5.10 Å². The molecular weight excluding hydrogens is 470 g/mol. The van der Waals surface area contributed by atoms with Crippen LogP contribution in [0.1, 0.15) is 21.5 Å². The highest BCUT2D eigenvalue weighted by atomic mass is 32.2. The fourth-order valence-corrected chi connectivity index (χ4v) is 3.76. The van der Waals surface area contributed by atoms with Crippen LogP contribution in [0.3, 0.4) is 0 Å². The van der Waals surface area contributed by atoms with Crippen LogP contribution in [-0.4, -0.2) is 38.5 Å². The first-order valence-electron chi connectivity index (χ1n) is 10.5. The van der Waals surface area contributed by atoms with Gasteiger partial charge >= 0.3 is 11.9 Å². The van der Waals surface area contributed by atoms with E-state index in [2.05, 4.69) is 10.4 Å². The lowest BCUT2D eigenvalue weighted by atomic mass is 10.1. The van der Waals surface area contributed by atoms with Crippen LogP contribution in [0.15, 0.2) is 94.9 Å². The molecule has 1 amide bonds. The van der Waals surface area contributed by atoms with E-state index in [-0.39, 0.29) is 16.9 Å². The number of rotatable bonds is 9. The Bertz CT molecular complexity index is 1310. The van der Waals surface area contributed by atoms with Crippen molar-refractivity contribution in [3.63, 3.8) is 0 Å². The Morgan fingerprint density at radius 3 is 2.14 bits per heavy atom. The Balaban J connectivity index is 1.67. The van der Waals surface area contributed by atoms with Crippen LogP contribution in [0.5, 0.6) is 0 Å². The van der Waals surface area contributed by atoms with Gasteiger partial charge in [-0.3, -0.25) is 4.79 Å². The molecular formula is C25H23N3O6S. The Kier molecular flexibility index (Phi) is 8.47. The van der Waals surface area contributed by atoms with Gasteiger partial charge in [-0.2, -0.15) is 18.4 Å². The zero-order valence-corrected chi connectivity index (χ0v) is 19.6. The number of amides is 1. The second-order valence-corrected chi connectivity index (χ2v) is 9.15. The summed E-state index contributed by atoms with van der Waals surface area (Å²) >= 11 is 0. The molecule has 10 heteroatoms. The number of hydrogen-bond donors (Lipinski definition) is 2. The molecule has 0 aliphatic heterocycles. The number of benzene rings is 3. The molecule has 0 saturated heterocycles. The first-order chi connectivity index (χ1) is 16.7. The molecule has 3 rings (SSSR count). The lowest BCUT2D eigenvalue weighted by Gasteiger charge is -2.16. The van der Waals surface area contributed by atoms with E-state index in [1.54, 1.807) is 60.7 Å². The number of ether oxygens (including phenoxy) is 1. The van der Waals surface area contributed by atoms with Gasteiger partial charge < -0.3 is 10.1 Å². The number of aryl methyl sites for hydroxylation is 1. The van der Waals surface area contributed by atoms with Gasteiger partial charge in [0.2, 0.25) is 0 Å². The third-order valence-electron chi connectivity index (χ3n) is 4.77. The van der Waals surface area contributed by atoms with Gasteiger partial charge in [-0.1, -0.05) is 66.2 Å². The number of carbonyl (C=O) groups excluding carboxylic acids is 3. The topological polar surface area (TPSA) is 131 Å². The maximum atomic E-state index is 12.7. The summed E-state index contributed by atoms with van der Waals surface area (Å²) in [5, 5.41) is 5.88. The molecule has 0 fully saturated rings. The number of nitrogens with one attached hydrogen (secondary N) is 2. The second-order valence-electron chi connectivity index (χ2n) is 7.49. The van der Waals surface area contributed by atoms with Crippen molar-refractivity contribution in [2.45, 2.75) is 24.3 Å². The number of esters is 2. The molecule has 0 saturated carbocycles. The van der Waals surface area contributed by atoms with Crippen LogP contribution in [-0.2, 0) is 30.8 Å². The van der Waals surface area contributed by atoms with Crippen molar-refractivity contribution in [1.29, 1.82) is 0 Å². The van der Waals surface area contributed by atoms with Crippen molar-refractivity contribution < 1.29 is 27.5 Å². The molecule has 1 atom stereocenters. The molecule has 3 aromatic rings. The molecule has 35 heavy (non-hydrogen) atoms. The summed E-state index contributed by atoms with van der Waals surface area (Å²) in [6, 6.07) is 21.6. The summed E-state index contributed by atoms with van der Waals surface area (Å²) in [5.74, 6) is -2.69. The van der Waals surface area contributed by atoms with E-state index in [1.807, 2.05) is 11.8 Å². The predicted molar refractivity (Wildman–Crippen MR) is 129 cm³/mol.